The van der Waals surface area contributed by atoms with Crippen molar-refractivity contribution in [2.45, 2.75) is 32.1 Å². The molecule has 0 amide bonds. The van der Waals surface area contributed by atoms with Gasteiger partial charge >= 0.3 is 0 Å². The maximum absolute atomic E-state index is 12.0. The molecule has 1 aliphatic rings. The van der Waals surface area contributed by atoms with Crippen LogP contribution in [0.2, 0.25) is 0 Å². The largest absolute Gasteiger partial charge is 0.396 e. The van der Waals surface area contributed by atoms with E-state index in [0.29, 0.717) is 29.4 Å². The molecule has 2 N–H and O–H groups in total. The highest BCUT2D eigenvalue weighted by molar-refractivity contribution is 5.57. The van der Waals surface area contributed by atoms with Gasteiger partial charge in [0.25, 0.3) is 5.56 Å². The highest BCUT2D eigenvalue weighted by atomic mass is 16.3. The van der Waals surface area contributed by atoms with E-state index in [4.69, 9.17) is 5.11 Å². The Kier molecular flexibility index (Phi) is 3.40. The van der Waals surface area contributed by atoms with Crippen molar-refractivity contribution >= 4 is 0 Å². The molecule has 0 spiro atoms. The zero-order chi connectivity index (χ0) is 14.1. The second-order valence-electron chi connectivity index (χ2n) is 5.35. The average Bonchev–Trinajstić information content (AvgIpc) is 3.27. The number of hydrogen-bond acceptors (Lipinski definition) is 3. The third-order valence-electron chi connectivity index (χ3n) is 3.79. The Bertz CT molecular complexity index is 687. The first-order chi connectivity index (χ1) is 9.69. The highest BCUT2D eigenvalue weighted by Crippen LogP contribution is 2.40. The van der Waals surface area contributed by atoms with E-state index < -0.39 is 0 Å². The van der Waals surface area contributed by atoms with Gasteiger partial charge in [-0.05, 0) is 37.3 Å². The Labute approximate surface area is 117 Å². The number of aliphatic hydroxyl groups is 1. The minimum absolute atomic E-state index is 0.0396. The maximum Gasteiger partial charge on any atom is 0.254 e. The summed E-state index contributed by atoms with van der Waals surface area (Å²) in [4.78, 5) is 19.4. The third kappa shape index (κ3) is 2.51. The lowest BCUT2D eigenvalue weighted by Crippen LogP contribution is -2.18. The van der Waals surface area contributed by atoms with Crippen LogP contribution in [0.25, 0.3) is 11.4 Å². The van der Waals surface area contributed by atoms with Gasteiger partial charge in [0.1, 0.15) is 5.82 Å². The SMILES string of the molecule is Cc1nc(-c2cccc(C3CC3)c2)[nH]c(=O)c1CCO. The summed E-state index contributed by atoms with van der Waals surface area (Å²) < 4.78 is 0. The first-order valence-corrected chi connectivity index (χ1v) is 7.00. The van der Waals surface area contributed by atoms with Crippen LogP contribution in [0.3, 0.4) is 0 Å². The van der Waals surface area contributed by atoms with Crippen LogP contribution in [0.1, 0.15) is 35.6 Å². The first kappa shape index (κ1) is 13.1. The summed E-state index contributed by atoms with van der Waals surface area (Å²) in [6.07, 6.45) is 2.85. The van der Waals surface area contributed by atoms with Crippen molar-refractivity contribution in [2.24, 2.45) is 0 Å². The fourth-order valence-corrected chi connectivity index (χ4v) is 2.51. The summed E-state index contributed by atoms with van der Waals surface area (Å²) in [7, 11) is 0. The standard InChI is InChI=1S/C16H18N2O2/c1-10-14(7-8-19)16(20)18-15(17-10)13-4-2-3-12(9-13)11-5-6-11/h2-4,9,11,19H,5-8H2,1H3,(H,17,18,20). The highest BCUT2D eigenvalue weighted by Gasteiger charge is 2.23. The number of aliphatic hydroxyl groups excluding tert-OH is 1. The molecule has 0 aliphatic heterocycles. The third-order valence-corrected chi connectivity index (χ3v) is 3.79. The van der Waals surface area contributed by atoms with Crippen LogP contribution in [0.5, 0.6) is 0 Å². The van der Waals surface area contributed by atoms with Gasteiger partial charge < -0.3 is 10.1 Å². The summed E-state index contributed by atoms with van der Waals surface area (Å²) in [5, 5.41) is 8.98. The van der Waals surface area contributed by atoms with Crippen LogP contribution >= 0.6 is 0 Å². The zero-order valence-corrected chi connectivity index (χ0v) is 11.5. The van der Waals surface area contributed by atoms with Crippen LogP contribution in [-0.2, 0) is 6.42 Å². The average molecular weight is 270 g/mol. The van der Waals surface area contributed by atoms with Gasteiger partial charge in [-0.2, -0.15) is 0 Å². The molecular weight excluding hydrogens is 252 g/mol. The Morgan fingerprint density at radius 1 is 1.40 bits per heavy atom. The van der Waals surface area contributed by atoms with Crippen LogP contribution in [-0.4, -0.2) is 21.7 Å². The van der Waals surface area contributed by atoms with E-state index in [1.165, 1.54) is 18.4 Å². The number of benzene rings is 1. The lowest BCUT2D eigenvalue weighted by molar-refractivity contribution is 0.298. The summed E-state index contributed by atoms with van der Waals surface area (Å²) in [6.45, 7) is 1.77. The number of nitrogens with one attached hydrogen (secondary N) is 1. The molecule has 0 atom stereocenters. The number of H-pyrrole nitrogens is 1. The van der Waals surface area contributed by atoms with Gasteiger partial charge in [-0.3, -0.25) is 4.79 Å². The minimum atomic E-state index is -0.154. The van der Waals surface area contributed by atoms with E-state index in [2.05, 4.69) is 22.1 Å². The monoisotopic (exact) mass is 270 g/mol. The molecule has 104 valence electrons. The number of nitrogens with zero attached hydrogens (tertiary/aromatic N) is 1. The van der Waals surface area contributed by atoms with E-state index in [-0.39, 0.29) is 12.2 Å². The molecule has 20 heavy (non-hydrogen) atoms. The van der Waals surface area contributed by atoms with E-state index >= 15 is 0 Å². The Hall–Kier alpha value is -1.94. The summed E-state index contributed by atoms with van der Waals surface area (Å²) >= 11 is 0. The van der Waals surface area contributed by atoms with Crippen molar-refractivity contribution < 1.29 is 5.11 Å². The van der Waals surface area contributed by atoms with E-state index in [1.807, 2.05) is 19.1 Å². The first-order valence-electron chi connectivity index (χ1n) is 7.00. The minimum Gasteiger partial charge on any atom is -0.396 e. The molecule has 1 saturated carbocycles. The van der Waals surface area contributed by atoms with Crippen molar-refractivity contribution in [1.29, 1.82) is 0 Å². The summed E-state index contributed by atoms with van der Waals surface area (Å²) in [5.41, 5.74) is 3.37. The van der Waals surface area contributed by atoms with Crippen LogP contribution in [0.4, 0.5) is 0 Å². The number of rotatable bonds is 4. The molecule has 0 radical (unpaired) electrons. The molecule has 1 aromatic carbocycles. The maximum atomic E-state index is 12.0. The van der Waals surface area contributed by atoms with E-state index in [0.717, 1.165) is 5.56 Å². The van der Waals surface area contributed by atoms with Gasteiger partial charge in [0.15, 0.2) is 0 Å². The molecule has 0 bridgehead atoms. The number of aryl methyl sites for hydroxylation is 1. The van der Waals surface area contributed by atoms with Gasteiger partial charge in [-0.25, -0.2) is 4.98 Å². The van der Waals surface area contributed by atoms with Crippen molar-refractivity contribution in [3.8, 4) is 11.4 Å². The Morgan fingerprint density at radius 3 is 2.85 bits per heavy atom. The number of aromatic nitrogens is 2. The fraction of sp³-hybridized carbons (Fsp3) is 0.375. The van der Waals surface area contributed by atoms with Crippen LogP contribution < -0.4 is 5.56 Å². The number of hydrogen-bond donors (Lipinski definition) is 2. The smallest absolute Gasteiger partial charge is 0.254 e. The van der Waals surface area contributed by atoms with Crippen LogP contribution in [0.15, 0.2) is 29.1 Å². The second kappa shape index (κ2) is 5.21. The second-order valence-corrected chi connectivity index (χ2v) is 5.35. The zero-order valence-electron chi connectivity index (χ0n) is 11.5. The molecule has 1 aliphatic carbocycles. The van der Waals surface area contributed by atoms with Crippen molar-refractivity contribution in [3.63, 3.8) is 0 Å². The Balaban J connectivity index is 2.01. The van der Waals surface area contributed by atoms with Gasteiger partial charge in [0.05, 0.1) is 0 Å². The van der Waals surface area contributed by atoms with Crippen molar-refractivity contribution in [1.82, 2.24) is 9.97 Å². The predicted octanol–water partition coefficient (Wildman–Crippen LogP) is 2.16. The molecule has 4 heteroatoms. The van der Waals surface area contributed by atoms with Crippen LogP contribution in [0, 0.1) is 6.92 Å². The quantitative estimate of drug-likeness (QED) is 0.894. The molecule has 0 unspecified atom stereocenters. The van der Waals surface area contributed by atoms with Gasteiger partial charge in [-0.15, -0.1) is 0 Å². The molecule has 1 aromatic heterocycles. The molecule has 1 heterocycles. The molecule has 2 aromatic rings. The summed E-state index contributed by atoms with van der Waals surface area (Å²) in [5.74, 6) is 1.29. The number of aromatic amines is 1. The van der Waals surface area contributed by atoms with E-state index in [1.54, 1.807) is 0 Å². The molecule has 1 fully saturated rings. The topological polar surface area (TPSA) is 66.0 Å². The van der Waals surface area contributed by atoms with Crippen molar-refractivity contribution in [2.75, 3.05) is 6.61 Å². The Morgan fingerprint density at radius 2 is 2.20 bits per heavy atom. The molecule has 4 nitrogen and oxygen atoms in total. The predicted molar refractivity (Wildman–Crippen MR) is 77.8 cm³/mol. The molecular formula is C16H18N2O2. The normalized spacial score (nSPS) is 14.5. The van der Waals surface area contributed by atoms with Gasteiger partial charge in [0.2, 0.25) is 0 Å². The molecule has 3 rings (SSSR count). The van der Waals surface area contributed by atoms with Crippen molar-refractivity contribution in [3.05, 3.63) is 51.4 Å². The lowest BCUT2D eigenvalue weighted by atomic mass is 10.1. The van der Waals surface area contributed by atoms with Gasteiger partial charge in [-0.1, -0.05) is 18.2 Å². The summed E-state index contributed by atoms with van der Waals surface area (Å²) in [6, 6.07) is 8.22. The lowest BCUT2D eigenvalue weighted by Gasteiger charge is -2.07. The van der Waals surface area contributed by atoms with E-state index in [9.17, 15) is 4.79 Å². The van der Waals surface area contributed by atoms with Gasteiger partial charge in [0, 0.05) is 29.8 Å². The molecule has 0 saturated heterocycles. The fourth-order valence-electron chi connectivity index (χ4n) is 2.51.